The van der Waals surface area contributed by atoms with E-state index in [4.69, 9.17) is 18.9 Å². The van der Waals surface area contributed by atoms with E-state index in [0.29, 0.717) is 13.1 Å². The molecule has 0 bridgehead atoms. The van der Waals surface area contributed by atoms with Crippen molar-refractivity contribution in [2.45, 2.75) is 113 Å². The van der Waals surface area contributed by atoms with E-state index in [1.807, 2.05) is 0 Å². The second kappa shape index (κ2) is 14.3. The predicted octanol–water partition coefficient (Wildman–Crippen LogP) is -2.64. The molecule has 3 aliphatic rings. The van der Waals surface area contributed by atoms with Gasteiger partial charge in [-0.2, -0.15) is 0 Å². The van der Waals surface area contributed by atoms with Gasteiger partial charge < -0.3 is 60.0 Å². The molecule has 3 heterocycles. The summed E-state index contributed by atoms with van der Waals surface area (Å²) in [6, 6.07) is 0. The zero-order valence-electron chi connectivity index (χ0n) is 20.6. The predicted molar refractivity (Wildman–Crippen MR) is 125 cm³/mol. The first kappa shape index (κ1) is 29.6. The Bertz CT molecular complexity index is 682. The summed E-state index contributed by atoms with van der Waals surface area (Å²) < 4.78 is 22.3. The van der Waals surface area contributed by atoms with Crippen LogP contribution < -0.4 is 5.32 Å². The van der Waals surface area contributed by atoms with Crippen LogP contribution in [-0.4, -0.2) is 135 Å². The van der Waals surface area contributed by atoms with Crippen molar-refractivity contribution in [3.05, 3.63) is 0 Å². The molecule has 11 atom stereocenters. The van der Waals surface area contributed by atoms with Gasteiger partial charge in [-0.15, -0.1) is 0 Å². The van der Waals surface area contributed by atoms with Crippen LogP contribution in [0.2, 0.25) is 0 Å². The summed E-state index contributed by atoms with van der Waals surface area (Å²) in [6.07, 6.45) is -8.46. The second-order valence-electron chi connectivity index (χ2n) is 9.60. The fourth-order valence-electron chi connectivity index (χ4n) is 4.58. The summed E-state index contributed by atoms with van der Waals surface area (Å²) in [5, 5.41) is 73.8. The number of aliphatic imine (C=N–C) groups is 1. The SMILES string of the molecule is CCCCCCCC1=NCC(O[C@@H]2O[C@H](CO)[C@@H](O[C@@H]3O[C@H](CO)[C@H](O)[C@H](O)[C@H]3O)[C@H](O)[C@H]2O)CN1. The highest BCUT2D eigenvalue weighted by Gasteiger charge is 2.51. The molecule has 0 aromatic carbocycles. The average Bonchev–Trinajstić information content (AvgIpc) is 2.89. The van der Waals surface area contributed by atoms with Gasteiger partial charge in [0.1, 0.15) is 48.8 Å². The van der Waals surface area contributed by atoms with E-state index in [-0.39, 0.29) is 0 Å². The fourth-order valence-corrected chi connectivity index (χ4v) is 4.58. The molecule has 13 nitrogen and oxygen atoms in total. The van der Waals surface area contributed by atoms with Crippen LogP contribution >= 0.6 is 0 Å². The lowest BCUT2D eigenvalue weighted by atomic mass is 9.97. The van der Waals surface area contributed by atoms with Crippen molar-refractivity contribution in [1.29, 1.82) is 0 Å². The monoisotopic (exact) mass is 522 g/mol. The number of hydrogen-bond donors (Lipinski definition) is 8. The first-order valence-electron chi connectivity index (χ1n) is 12.8. The van der Waals surface area contributed by atoms with Crippen molar-refractivity contribution in [2.24, 2.45) is 4.99 Å². The topological polar surface area (TPSA) is 203 Å². The molecule has 13 heteroatoms. The number of hydrogen-bond acceptors (Lipinski definition) is 13. The Labute approximate surface area is 210 Å². The van der Waals surface area contributed by atoms with Crippen molar-refractivity contribution in [1.82, 2.24) is 5.32 Å². The molecular weight excluding hydrogens is 480 g/mol. The Morgan fingerprint density at radius 3 is 2.08 bits per heavy atom. The first-order chi connectivity index (χ1) is 17.3. The largest absolute Gasteiger partial charge is 0.394 e. The van der Waals surface area contributed by atoms with Gasteiger partial charge in [0.15, 0.2) is 12.6 Å². The maximum Gasteiger partial charge on any atom is 0.187 e. The fraction of sp³-hybridized carbons (Fsp3) is 0.957. The summed E-state index contributed by atoms with van der Waals surface area (Å²) in [5.41, 5.74) is 0. The van der Waals surface area contributed by atoms with Crippen LogP contribution in [0.25, 0.3) is 0 Å². The number of aliphatic hydroxyl groups excluding tert-OH is 7. The molecule has 0 radical (unpaired) electrons. The molecule has 0 aromatic heterocycles. The highest BCUT2D eigenvalue weighted by atomic mass is 16.7. The van der Waals surface area contributed by atoms with Crippen LogP contribution in [0.3, 0.4) is 0 Å². The summed E-state index contributed by atoms with van der Waals surface area (Å²) in [5.74, 6) is 0.915. The molecule has 1 unspecified atom stereocenters. The average molecular weight is 523 g/mol. The maximum atomic E-state index is 10.7. The van der Waals surface area contributed by atoms with Gasteiger partial charge in [0.25, 0.3) is 0 Å². The molecular formula is C23H42N2O11. The van der Waals surface area contributed by atoms with Crippen LogP contribution in [0.5, 0.6) is 0 Å². The molecule has 0 spiro atoms. The number of ether oxygens (including phenoxy) is 4. The van der Waals surface area contributed by atoms with Crippen molar-refractivity contribution < 1.29 is 54.7 Å². The summed E-state index contributed by atoms with van der Waals surface area (Å²) in [4.78, 5) is 4.50. The molecule has 0 saturated carbocycles. The molecule has 36 heavy (non-hydrogen) atoms. The molecule has 3 rings (SSSR count). The zero-order valence-corrected chi connectivity index (χ0v) is 20.6. The Balaban J connectivity index is 1.53. The molecule has 0 amide bonds. The van der Waals surface area contributed by atoms with E-state index >= 15 is 0 Å². The molecule has 0 aromatic rings. The van der Waals surface area contributed by atoms with E-state index in [9.17, 15) is 35.7 Å². The summed E-state index contributed by atoms with van der Waals surface area (Å²) >= 11 is 0. The number of rotatable bonds is 12. The van der Waals surface area contributed by atoms with Crippen LogP contribution in [0.15, 0.2) is 4.99 Å². The Morgan fingerprint density at radius 2 is 1.44 bits per heavy atom. The van der Waals surface area contributed by atoms with Crippen molar-refractivity contribution in [3.63, 3.8) is 0 Å². The minimum absolute atomic E-state index is 0.356. The van der Waals surface area contributed by atoms with Crippen LogP contribution in [0.1, 0.15) is 45.4 Å². The minimum atomic E-state index is -1.72. The van der Waals surface area contributed by atoms with E-state index in [1.54, 1.807) is 0 Å². The van der Waals surface area contributed by atoms with Crippen LogP contribution in [-0.2, 0) is 18.9 Å². The van der Waals surface area contributed by atoms with E-state index < -0.39 is 80.7 Å². The number of aliphatic hydroxyl groups is 7. The Morgan fingerprint density at radius 1 is 0.806 bits per heavy atom. The first-order valence-corrected chi connectivity index (χ1v) is 12.8. The third-order valence-corrected chi connectivity index (χ3v) is 6.82. The van der Waals surface area contributed by atoms with Crippen molar-refractivity contribution >= 4 is 5.84 Å². The highest BCUT2D eigenvalue weighted by molar-refractivity contribution is 5.82. The number of nitrogens with zero attached hydrogens (tertiary/aromatic N) is 1. The third kappa shape index (κ3) is 7.32. The number of nitrogens with one attached hydrogen (secondary N) is 1. The molecule has 210 valence electrons. The minimum Gasteiger partial charge on any atom is -0.394 e. The molecule has 2 fully saturated rings. The van der Waals surface area contributed by atoms with Crippen molar-refractivity contribution in [3.8, 4) is 0 Å². The number of unbranched alkanes of at least 4 members (excludes halogenated alkanes) is 4. The molecule has 8 N–H and O–H groups in total. The number of amidine groups is 1. The summed E-state index contributed by atoms with van der Waals surface area (Å²) in [7, 11) is 0. The molecule has 3 aliphatic heterocycles. The van der Waals surface area contributed by atoms with Gasteiger partial charge in [-0.1, -0.05) is 32.6 Å². The Hall–Kier alpha value is -0.970. The van der Waals surface area contributed by atoms with E-state index in [0.717, 1.165) is 25.1 Å². The molecule has 0 aliphatic carbocycles. The van der Waals surface area contributed by atoms with Crippen LogP contribution in [0, 0.1) is 0 Å². The van der Waals surface area contributed by atoms with Gasteiger partial charge >= 0.3 is 0 Å². The normalized spacial score (nSPS) is 41.6. The van der Waals surface area contributed by atoms with Gasteiger partial charge in [-0.05, 0) is 6.42 Å². The maximum absolute atomic E-state index is 10.7. The van der Waals surface area contributed by atoms with Gasteiger partial charge in [-0.3, -0.25) is 4.99 Å². The second-order valence-corrected chi connectivity index (χ2v) is 9.60. The van der Waals surface area contributed by atoms with Gasteiger partial charge in [0.05, 0.1) is 31.7 Å². The van der Waals surface area contributed by atoms with Crippen molar-refractivity contribution in [2.75, 3.05) is 26.3 Å². The van der Waals surface area contributed by atoms with Gasteiger partial charge in [-0.25, -0.2) is 0 Å². The highest BCUT2D eigenvalue weighted by Crippen LogP contribution is 2.30. The molecule has 2 saturated heterocycles. The lowest BCUT2D eigenvalue weighted by Gasteiger charge is -2.46. The van der Waals surface area contributed by atoms with E-state index in [1.165, 1.54) is 19.3 Å². The lowest BCUT2D eigenvalue weighted by Crippen LogP contribution is -2.65. The van der Waals surface area contributed by atoms with Gasteiger partial charge in [0.2, 0.25) is 0 Å². The zero-order chi connectivity index (χ0) is 26.2. The van der Waals surface area contributed by atoms with Gasteiger partial charge in [0, 0.05) is 13.0 Å². The third-order valence-electron chi connectivity index (χ3n) is 6.82. The standard InChI is InChI=1S/C23H42N2O11/c1-2-3-4-5-6-7-15-24-8-12(9-25-15)33-22-20(32)18(30)21(14(11-27)35-22)36-23-19(31)17(29)16(28)13(10-26)34-23/h12-14,16-23,26-32H,2-11H2,1H3,(H,24,25)/t13-,14-,16+,17+,18-,19-,20-,21-,22-,23+/m1/s1. The smallest absolute Gasteiger partial charge is 0.187 e. The Kier molecular flexibility index (Phi) is 11.7. The lowest BCUT2D eigenvalue weighted by molar-refractivity contribution is -0.362. The van der Waals surface area contributed by atoms with E-state index in [2.05, 4.69) is 17.2 Å². The van der Waals surface area contributed by atoms with Crippen LogP contribution in [0.4, 0.5) is 0 Å². The quantitative estimate of drug-likeness (QED) is 0.124. The summed E-state index contributed by atoms with van der Waals surface area (Å²) in [6.45, 7) is 1.71.